The fourth-order valence-electron chi connectivity index (χ4n) is 2.47. The first-order valence-corrected chi connectivity index (χ1v) is 7.26. The molecule has 1 atom stereocenters. The van der Waals surface area contributed by atoms with Crippen molar-refractivity contribution in [2.45, 2.75) is 12.5 Å². The maximum absolute atomic E-state index is 12.5. The van der Waals surface area contributed by atoms with Crippen LogP contribution in [0.1, 0.15) is 12.1 Å². The van der Waals surface area contributed by atoms with E-state index in [0.29, 0.717) is 29.5 Å². The maximum atomic E-state index is 12.5. The van der Waals surface area contributed by atoms with Crippen LogP contribution in [0.2, 0.25) is 5.02 Å². The van der Waals surface area contributed by atoms with E-state index in [1.54, 1.807) is 35.2 Å². The van der Waals surface area contributed by atoms with Gasteiger partial charge in [0.25, 0.3) is 0 Å². The minimum Gasteiger partial charge on any atom is -0.358 e. The molecule has 1 fully saturated rings. The Labute approximate surface area is 133 Å². The molecule has 0 bridgehead atoms. The number of aromatic nitrogens is 1. The van der Waals surface area contributed by atoms with Crippen molar-refractivity contribution in [3.8, 4) is 6.07 Å². The van der Waals surface area contributed by atoms with E-state index in [4.69, 9.17) is 16.9 Å². The number of hydrogen-bond acceptors (Lipinski definition) is 4. The van der Waals surface area contributed by atoms with Gasteiger partial charge in [-0.15, -0.1) is 0 Å². The number of carbonyl (C=O) groups excluding carboxylic acids is 1. The Bertz CT molecular complexity index is 756. The molecule has 0 spiro atoms. The molecule has 0 saturated carbocycles. The largest absolute Gasteiger partial charge is 0.358 e. The summed E-state index contributed by atoms with van der Waals surface area (Å²) in [5, 5.41) is 12.6. The monoisotopic (exact) mass is 312 g/mol. The smallest absolute Gasteiger partial charge is 0.249 e. The lowest BCUT2D eigenvalue weighted by atomic mass is 10.2. The normalized spacial score (nSPS) is 17.4. The first-order chi connectivity index (χ1) is 10.7. The van der Waals surface area contributed by atoms with E-state index in [1.807, 2.05) is 18.2 Å². The van der Waals surface area contributed by atoms with E-state index < -0.39 is 0 Å². The van der Waals surface area contributed by atoms with Crippen molar-refractivity contribution in [3.05, 3.63) is 53.2 Å². The van der Waals surface area contributed by atoms with Crippen molar-refractivity contribution in [2.75, 3.05) is 16.8 Å². The van der Waals surface area contributed by atoms with Crippen LogP contribution in [-0.2, 0) is 4.79 Å². The first kappa shape index (κ1) is 14.4. The Morgan fingerprint density at radius 3 is 2.91 bits per heavy atom. The van der Waals surface area contributed by atoms with Crippen molar-refractivity contribution in [2.24, 2.45) is 0 Å². The van der Waals surface area contributed by atoms with Crippen LogP contribution in [0.25, 0.3) is 0 Å². The van der Waals surface area contributed by atoms with Crippen molar-refractivity contribution in [1.82, 2.24) is 4.98 Å². The highest BCUT2D eigenvalue weighted by Crippen LogP contribution is 2.25. The number of pyridine rings is 1. The third kappa shape index (κ3) is 2.87. The molecular formula is C16H13ClN4O. The van der Waals surface area contributed by atoms with Crippen LogP contribution in [0, 0.1) is 11.3 Å². The lowest BCUT2D eigenvalue weighted by Crippen LogP contribution is -2.33. The summed E-state index contributed by atoms with van der Waals surface area (Å²) in [5.41, 5.74) is 1.11. The molecule has 0 radical (unpaired) electrons. The molecule has 1 aromatic heterocycles. The number of nitrogens with one attached hydrogen (secondary N) is 1. The van der Waals surface area contributed by atoms with Gasteiger partial charge in [-0.2, -0.15) is 5.26 Å². The van der Waals surface area contributed by atoms with Crippen LogP contribution in [0.15, 0.2) is 42.5 Å². The summed E-state index contributed by atoms with van der Waals surface area (Å²) in [5.74, 6) is 0.511. The highest BCUT2D eigenvalue weighted by atomic mass is 35.5. The second kappa shape index (κ2) is 6.04. The Morgan fingerprint density at radius 1 is 1.32 bits per heavy atom. The van der Waals surface area contributed by atoms with Crippen LogP contribution in [0.5, 0.6) is 0 Å². The molecule has 5 nitrogen and oxygen atoms in total. The molecule has 2 aromatic rings. The summed E-state index contributed by atoms with van der Waals surface area (Å²) in [6.07, 6.45) is 0.670. The Kier molecular flexibility index (Phi) is 3.94. The summed E-state index contributed by atoms with van der Waals surface area (Å²) < 4.78 is 0. The molecule has 1 saturated heterocycles. The third-order valence-corrected chi connectivity index (χ3v) is 3.75. The molecular weight excluding hydrogens is 300 g/mol. The third-order valence-electron chi connectivity index (χ3n) is 3.51. The Balaban J connectivity index is 1.75. The van der Waals surface area contributed by atoms with E-state index in [-0.39, 0.29) is 11.9 Å². The number of benzene rings is 1. The van der Waals surface area contributed by atoms with Gasteiger partial charge in [0, 0.05) is 17.3 Å². The zero-order valence-electron chi connectivity index (χ0n) is 11.7. The van der Waals surface area contributed by atoms with Crippen molar-refractivity contribution < 1.29 is 4.79 Å². The van der Waals surface area contributed by atoms with E-state index in [1.165, 1.54) is 0 Å². The van der Waals surface area contributed by atoms with Crippen molar-refractivity contribution in [1.29, 1.82) is 5.26 Å². The fraction of sp³-hybridized carbons (Fsp3) is 0.188. The fourth-order valence-corrected chi connectivity index (χ4v) is 2.65. The molecule has 22 heavy (non-hydrogen) atoms. The number of amides is 1. The van der Waals surface area contributed by atoms with Crippen molar-refractivity contribution in [3.63, 3.8) is 0 Å². The van der Waals surface area contributed by atoms with Gasteiger partial charge >= 0.3 is 0 Å². The summed E-state index contributed by atoms with van der Waals surface area (Å²) in [6.45, 7) is 0.620. The average Bonchev–Trinajstić information content (AvgIpc) is 2.88. The standard InChI is InChI=1S/C16H13ClN4O/c17-11-3-1-5-13(9-11)21-8-7-14(16(21)22)20-15-6-2-4-12(10-18)19-15/h1-6,9,14H,7-8H2,(H,19,20). The maximum Gasteiger partial charge on any atom is 0.249 e. The molecule has 0 aliphatic carbocycles. The highest BCUT2D eigenvalue weighted by molar-refractivity contribution is 6.31. The average molecular weight is 313 g/mol. The van der Waals surface area contributed by atoms with E-state index in [9.17, 15) is 4.79 Å². The SMILES string of the molecule is N#Cc1cccc(NC2CCN(c3cccc(Cl)c3)C2=O)n1. The van der Waals surface area contributed by atoms with Gasteiger partial charge in [0.2, 0.25) is 5.91 Å². The summed E-state index contributed by atoms with van der Waals surface area (Å²) >= 11 is 5.98. The summed E-state index contributed by atoms with van der Waals surface area (Å²) in [4.78, 5) is 18.3. The summed E-state index contributed by atoms with van der Waals surface area (Å²) in [7, 11) is 0. The molecule has 1 N–H and O–H groups in total. The molecule has 1 aromatic carbocycles. The van der Waals surface area contributed by atoms with Gasteiger partial charge in [0.15, 0.2) is 0 Å². The lowest BCUT2D eigenvalue weighted by Gasteiger charge is -2.17. The Hall–Kier alpha value is -2.58. The van der Waals surface area contributed by atoms with Crippen LogP contribution in [-0.4, -0.2) is 23.5 Å². The topological polar surface area (TPSA) is 69.0 Å². The first-order valence-electron chi connectivity index (χ1n) is 6.88. The lowest BCUT2D eigenvalue weighted by molar-refractivity contribution is -0.117. The zero-order chi connectivity index (χ0) is 15.5. The molecule has 6 heteroatoms. The van der Waals surface area contributed by atoms with Gasteiger partial charge in [-0.25, -0.2) is 4.98 Å². The molecule has 2 heterocycles. The summed E-state index contributed by atoms with van der Waals surface area (Å²) in [6, 6.07) is 14.0. The molecule has 110 valence electrons. The minimum atomic E-state index is -0.347. The predicted molar refractivity (Wildman–Crippen MR) is 84.8 cm³/mol. The molecule has 3 rings (SSSR count). The number of halogens is 1. The second-order valence-electron chi connectivity index (χ2n) is 4.98. The van der Waals surface area contributed by atoms with Crippen LogP contribution < -0.4 is 10.2 Å². The van der Waals surface area contributed by atoms with Crippen LogP contribution in [0.3, 0.4) is 0 Å². The van der Waals surface area contributed by atoms with Crippen LogP contribution >= 0.6 is 11.6 Å². The van der Waals surface area contributed by atoms with E-state index in [2.05, 4.69) is 10.3 Å². The quantitative estimate of drug-likeness (QED) is 0.946. The number of hydrogen-bond donors (Lipinski definition) is 1. The minimum absolute atomic E-state index is 0.0218. The van der Waals surface area contributed by atoms with Crippen LogP contribution in [0.4, 0.5) is 11.5 Å². The van der Waals surface area contributed by atoms with E-state index in [0.717, 1.165) is 5.69 Å². The van der Waals surface area contributed by atoms with Gasteiger partial charge < -0.3 is 10.2 Å². The number of anilines is 2. The molecule has 1 aliphatic heterocycles. The molecule has 1 amide bonds. The second-order valence-corrected chi connectivity index (χ2v) is 5.41. The van der Waals surface area contributed by atoms with Gasteiger partial charge in [0.05, 0.1) is 0 Å². The zero-order valence-corrected chi connectivity index (χ0v) is 12.4. The van der Waals surface area contributed by atoms with Gasteiger partial charge in [-0.05, 0) is 36.8 Å². The number of rotatable bonds is 3. The molecule has 1 aliphatic rings. The van der Waals surface area contributed by atoms with Crippen molar-refractivity contribution >= 4 is 29.0 Å². The number of carbonyl (C=O) groups is 1. The predicted octanol–water partition coefficient (Wildman–Crippen LogP) is 2.82. The number of nitriles is 1. The molecule has 1 unspecified atom stereocenters. The highest BCUT2D eigenvalue weighted by Gasteiger charge is 2.32. The van der Waals surface area contributed by atoms with Gasteiger partial charge in [0.1, 0.15) is 23.6 Å². The Morgan fingerprint density at radius 2 is 2.14 bits per heavy atom. The van der Waals surface area contributed by atoms with Gasteiger partial charge in [-0.1, -0.05) is 23.7 Å². The van der Waals surface area contributed by atoms with E-state index >= 15 is 0 Å². The number of nitrogens with zero attached hydrogens (tertiary/aromatic N) is 3. The van der Waals surface area contributed by atoms with Gasteiger partial charge in [-0.3, -0.25) is 4.79 Å².